The largest absolute Gasteiger partial charge is 0.316 e. The van der Waals surface area contributed by atoms with Gasteiger partial charge in [0.15, 0.2) is 0 Å². The second-order valence-electron chi connectivity index (χ2n) is 4.58. The summed E-state index contributed by atoms with van der Waals surface area (Å²) < 4.78 is 12.7. The van der Waals surface area contributed by atoms with Gasteiger partial charge in [0.2, 0.25) is 0 Å². The standard InChI is InChI=1S/C13H19FN2/c1-10-8-15-7-6-13(10)16-9-11-2-4-12(14)5-3-11/h2-5,10,13,15-16H,6-9H2,1H3. The zero-order chi connectivity index (χ0) is 11.4. The topological polar surface area (TPSA) is 24.1 Å². The highest BCUT2D eigenvalue weighted by Crippen LogP contribution is 2.11. The van der Waals surface area contributed by atoms with Gasteiger partial charge in [0, 0.05) is 12.6 Å². The number of halogens is 1. The molecule has 2 N–H and O–H groups in total. The van der Waals surface area contributed by atoms with Crippen molar-refractivity contribution in [1.82, 2.24) is 10.6 Å². The van der Waals surface area contributed by atoms with Gasteiger partial charge in [-0.1, -0.05) is 19.1 Å². The second-order valence-corrected chi connectivity index (χ2v) is 4.58. The third-order valence-corrected chi connectivity index (χ3v) is 3.27. The van der Waals surface area contributed by atoms with Crippen molar-refractivity contribution < 1.29 is 4.39 Å². The van der Waals surface area contributed by atoms with Crippen LogP contribution in [0.4, 0.5) is 4.39 Å². The van der Waals surface area contributed by atoms with E-state index in [0.29, 0.717) is 12.0 Å². The van der Waals surface area contributed by atoms with Crippen molar-refractivity contribution in [3.8, 4) is 0 Å². The van der Waals surface area contributed by atoms with E-state index in [2.05, 4.69) is 17.6 Å². The summed E-state index contributed by atoms with van der Waals surface area (Å²) in [4.78, 5) is 0. The number of nitrogens with one attached hydrogen (secondary N) is 2. The molecule has 0 aromatic heterocycles. The van der Waals surface area contributed by atoms with Crippen molar-refractivity contribution in [2.24, 2.45) is 5.92 Å². The molecule has 0 radical (unpaired) electrons. The van der Waals surface area contributed by atoms with Crippen LogP contribution in [0.15, 0.2) is 24.3 Å². The molecular weight excluding hydrogens is 203 g/mol. The van der Waals surface area contributed by atoms with E-state index in [1.807, 2.05) is 12.1 Å². The van der Waals surface area contributed by atoms with Gasteiger partial charge in [-0.3, -0.25) is 0 Å². The number of piperidine rings is 1. The zero-order valence-corrected chi connectivity index (χ0v) is 9.67. The van der Waals surface area contributed by atoms with Crippen molar-refractivity contribution in [2.45, 2.75) is 25.9 Å². The lowest BCUT2D eigenvalue weighted by Crippen LogP contribution is -2.45. The summed E-state index contributed by atoms with van der Waals surface area (Å²) in [5.41, 5.74) is 1.15. The van der Waals surface area contributed by atoms with Gasteiger partial charge in [0.1, 0.15) is 5.82 Å². The molecule has 1 aromatic carbocycles. The van der Waals surface area contributed by atoms with Gasteiger partial charge in [-0.05, 0) is 43.1 Å². The first-order chi connectivity index (χ1) is 7.75. The summed E-state index contributed by atoms with van der Waals surface area (Å²) in [6.45, 7) is 5.26. The smallest absolute Gasteiger partial charge is 0.123 e. The fourth-order valence-corrected chi connectivity index (χ4v) is 2.17. The summed E-state index contributed by atoms with van der Waals surface area (Å²) in [7, 11) is 0. The molecule has 1 fully saturated rings. The normalized spacial score (nSPS) is 25.6. The summed E-state index contributed by atoms with van der Waals surface area (Å²) in [6, 6.07) is 7.29. The first-order valence-electron chi connectivity index (χ1n) is 5.94. The molecule has 1 saturated heterocycles. The van der Waals surface area contributed by atoms with Crippen molar-refractivity contribution in [2.75, 3.05) is 13.1 Å². The van der Waals surface area contributed by atoms with Crippen LogP contribution in [0.25, 0.3) is 0 Å². The molecule has 1 aliphatic rings. The summed E-state index contributed by atoms with van der Waals surface area (Å²) in [6.07, 6.45) is 1.17. The lowest BCUT2D eigenvalue weighted by atomic mass is 9.95. The highest BCUT2D eigenvalue weighted by molar-refractivity contribution is 5.15. The molecule has 1 aromatic rings. The number of hydrogen-bond donors (Lipinski definition) is 2. The molecule has 0 bridgehead atoms. The van der Waals surface area contributed by atoms with Crippen LogP contribution in [0.5, 0.6) is 0 Å². The Kier molecular flexibility index (Phi) is 3.91. The summed E-state index contributed by atoms with van der Waals surface area (Å²) in [5.74, 6) is 0.494. The maximum absolute atomic E-state index is 12.7. The summed E-state index contributed by atoms with van der Waals surface area (Å²) in [5, 5.41) is 6.93. The monoisotopic (exact) mass is 222 g/mol. The highest BCUT2D eigenvalue weighted by Gasteiger charge is 2.19. The van der Waals surface area contributed by atoms with E-state index in [9.17, 15) is 4.39 Å². The minimum atomic E-state index is -0.168. The number of hydrogen-bond acceptors (Lipinski definition) is 2. The predicted octanol–water partition coefficient (Wildman–Crippen LogP) is 1.91. The van der Waals surface area contributed by atoms with Crippen LogP contribution in [0.1, 0.15) is 18.9 Å². The van der Waals surface area contributed by atoms with Crippen molar-refractivity contribution >= 4 is 0 Å². The third-order valence-electron chi connectivity index (χ3n) is 3.27. The molecule has 0 aliphatic carbocycles. The Hall–Kier alpha value is -0.930. The molecule has 2 atom stereocenters. The van der Waals surface area contributed by atoms with Gasteiger partial charge in [-0.2, -0.15) is 0 Å². The Morgan fingerprint density at radius 2 is 2.12 bits per heavy atom. The van der Waals surface area contributed by atoms with Crippen LogP contribution in [0.3, 0.4) is 0 Å². The molecule has 1 heterocycles. The van der Waals surface area contributed by atoms with Crippen molar-refractivity contribution in [3.63, 3.8) is 0 Å². The van der Waals surface area contributed by atoms with Crippen molar-refractivity contribution in [3.05, 3.63) is 35.6 Å². The van der Waals surface area contributed by atoms with Crippen LogP contribution in [-0.2, 0) is 6.54 Å². The summed E-state index contributed by atoms with van der Waals surface area (Å²) >= 11 is 0. The van der Waals surface area contributed by atoms with E-state index in [1.165, 1.54) is 18.6 Å². The average molecular weight is 222 g/mol. The molecule has 0 spiro atoms. The molecule has 88 valence electrons. The molecule has 0 saturated carbocycles. The molecular formula is C13H19FN2. The number of benzene rings is 1. The molecule has 2 nitrogen and oxygen atoms in total. The van der Waals surface area contributed by atoms with Gasteiger partial charge in [0.05, 0.1) is 0 Å². The van der Waals surface area contributed by atoms with Gasteiger partial charge < -0.3 is 10.6 Å². The second kappa shape index (κ2) is 5.41. The molecule has 16 heavy (non-hydrogen) atoms. The third kappa shape index (κ3) is 3.03. The van der Waals surface area contributed by atoms with Crippen LogP contribution in [0.2, 0.25) is 0 Å². The molecule has 1 aliphatic heterocycles. The fourth-order valence-electron chi connectivity index (χ4n) is 2.17. The first-order valence-corrected chi connectivity index (χ1v) is 5.94. The van der Waals surface area contributed by atoms with Gasteiger partial charge in [0.25, 0.3) is 0 Å². The van der Waals surface area contributed by atoms with E-state index in [1.54, 1.807) is 0 Å². The van der Waals surface area contributed by atoms with E-state index < -0.39 is 0 Å². The van der Waals surface area contributed by atoms with E-state index in [4.69, 9.17) is 0 Å². The Labute approximate surface area is 96.2 Å². The Bertz CT molecular complexity index is 323. The fraction of sp³-hybridized carbons (Fsp3) is 0.538. The molecule has 2 unspecified atom stereocenters. The van der Waals surface area contributed by atoms with Gasteiger partial charge in [-0.25, -0.2) is 4.39 Å². The minimum Gasteiger partial charge on any atom is -0.316 e. The predicted molar refractivity (Wildman–Crippen MR) is 63.7 cm³/mol. The minimum absolute atomic E-state index is 0.168. The van der Waals surface area contributed by atoms with Crippen LogP contribution < -0.4 is 10.6 Å². The number of rotatable bonds is 3. The Morgan fingerprint density at radius 1 is 1.38 bits per heavy atom. The quantitative estimate of drug-likeness (QED) is 0.816. The van der Waals surface area contributed by atoms with Crippen LogP contribution >= 0.6 is 0 Å². The Balaban J connectivity index is 1.84. The average Bonchev–Trinajstić information content (AvgIpc) is 2.30. The van der Waals surface area contributed by atoms with E-state index >= 15 is 0 Å². The van der Waals surface area contributed by atoms with Gasteiger partial charge in [-0.15, -0.1) is 0 Å². The van der Waals surface area contributed by atoms with Gasteiger partial charge >= 0.3 is 0 Å². The van der Waals surface area contributed by atoms with Crippen molar-refractivity contribution in [1.29, 1.82) is 0 Å². The lowest BCUT2D eigenvalue weighted by Gasteiger charge is -2.30. The lowest BCUT2D eigenvalue weighted by molar-refractivity contribution is 0.295. The maximum atomic E-state index is 12.7. The maximum Gasteiger partial charge on any atom is 0.123 e. The molecule has 2 rings (SSSR count). The van der Waals surface area contributed by atoms with E-state index in [0.717, 1.165) is 25.2 Å². The zero-order valence-electron chi connectivity index (χ0n) is 9.67. The highest BCUT2D eigenvalue weighted by atomic mass is 19.1. The van der Waals surface area contributed by atoms with Crippen LogP contribution in [-0.4, -0.2) is 19.1 Å². The molecule has 3 heteroatoms. The Morgan fingerprint density at radius 3 is 2.81 bits per heavy atom. The first kappa shape index (κ1) is 11.6. The van der Waals surface area contributed by atoms with E-state index in [-0.39, 0.29) is 5.82 Å². The van der Waals surface area contributed by atoms with Crippen LogP contribution in [0, 0.1) is 11.7 Å². The molecule has 0 amide bonds. The SMILES string of the molecule is CC1CNCCC1NCc1ccc(F)cc1.